The zero-order chi connectivity index (χ0) is 26.5. The number of H-pyrrole nitrogens is 1. The summed E-state index contributed by atoms with van der Waals surface area (Å²) in [6.07, 6.45) is 2.46. The first-order valence-electron chi connectivity index (χ1n) is 11.0. The fourth-order valence-electron chi connectivity index (χ4n) is 4.33. The third kappa shape index (κ3) is 4.59. The average Bonchev–Trinajstić information content (AvgIpc) is 3.25. The Balaban J connectivity index is 1.57. The van der Waals surface area contributed by atoms with Gasteiger partial charge in [0.05, 0.1) is 44.5 Å². The molecule has 0 saturated carbocycles. The summed E-state index contributed by atoms with van der Waals surface area (Å²) in [6.45, 7) is 7.40. The van der Waals surface area contributed by atoms with E-state index in [1.54, 1.807) is 10.6 Å². The number of sulfone groups is 1. The van der Waals surface area contributed by atoms with Crippen molar-refractivity contribution < 1.29 is 8.42 Å². The lowest BCUT2D eigenvalue weighted by atomic mass is 10.0. The molecule has 1 aromatic carbocycles. The lowest BCUT2D eigenvalue weighted by molar-refractivity contribution is 0.404. The minimum atomic E-state index is -3.03. The van der Waals surface area contributed by atoms with Crippen LogP contribution in [0.3, 0.4) is 0 Å². The van der Waals surface area contributed by atoms with Crippen LogP contribution in [0.25, 0.3) is 27.3 Å². The number of hydrogen-bond acceptors (Lipinski definition) is 7. The number of benzene rings is 1. The van der Waals surface area contributed by atoms with Crippen LogP contribution in [-0.2, 0) is 16.4 Å². The molecule has 0 radical (unpaired) electrons. The number of pyridine rings is 1. The van der Waals surface area contributed by atoms with E-state index >= 15 is 0 Å². The molecule has 12 nitrogen and oxygen atoms in total. The standard InChI is InChI=1S/C22H17Cl2N7O5S/c1-25-20-21(33)27-22(34)30(28-20)13-8-14(23)19(15(24)9-13)31-16-2-3-18(32)29(17(16)10-26-31)11-12-4-6-37(35,36)7-5-12/h2-3,8-10,12H,4-7,11H2,(H,27,33,34). The summed E-state index contributed by atoms with van der Waals surface area (Å²) in [4.78, 5) is 41.6. The molecule has 1 aliphatic heterocycles. The van der Waals surface area contributed by atoms with Crippen LogP contribution in [0.4, 0.5) is 5.82 Å². The number of aromatic amines is 1. The molecular formula is C22H17Cl2N7O5S. The second-order valence-electron chi connectivity index (χ2n) is 8.57. The molecule has 4 heterocycles. The van der Waals surface area contributed by atoms with Crippen molar-refractivity contribution in [2.45, 2.75) is 19.4 Å². The lowest BCUT2D eigenvalue weighted by Gasteiger charge is -2.23. The Morgan fingerprint density at radius 2 is 1.73 bits per heavy atom. The topological polar surface area (TPSA) is 146 Å². The molecule has 5 rings (SSSR count). The number of hydrogen-bond donors (Lipinski definition) is 1. The highest BCUT2D eigenvalue weighted by Gasteiger charge is 2.25. The maximum atomic E-state index is 12.7. The van der Waals surface area contributed by atoms with Gasteiger partial charge >= 0.3 is 11.5 Å². The summed E-state index contributed by atoms with van der Waals surface area (Å²) in [5, 5.41) is 8.33. The zero-order valence-corrected chi connectivity index (χ0v) is 21.2. The van der Waals surface area contributed by atoms with E-state index in [0.29, 0.717) is 30.4 Å². The Hall–Kier alpha value is -3.73. The predicted octanol–water partition coefficient (Wildman–Crippen LogP) is 2.10. The molecule has 0 unspecified atom stereocenters. The van der Waals surface area contributed by atoms with Gasteiger partial charge in [0.2, 0.25) is 0 Å². The van der Waals surface area contributed by atoms with Gasteiger partial charge in [-0.1, -0.05) is 29.8 Å². The fourth-order valence-corrected chi connectivity index (χ4v) is 6.56. The van der Waals surface area contributed by atoms with E-state index in [0.717, 1.165) is 4.68 Å². The van der Waals surface area contributed by atoms with E-state index in [9.17, 15) is 22.8 Å². The largest absolute Gasteiger partial charge is 0.365 e. The van der Waals surface area contributed by atoms with Crippen LogP contribution in [0, 0.1) is 12.5 Å². The van der Waals surface area contributed by atoms with Gasteiger partial charge in [-0.2, -0.15) is 5.10 Å². The normalized spacial score (nSPS) is 15.6. The summed E-state index contributed by atoms with van der Waals surface area (Å²) in [6, 6.07) is 5.75. The molecule has 4 aromatic rings. The van der Waals surface area contributed by atoms with Crippen LogP contribution in [-0.4, -0.2) is 49.0 Å². The van der Waals surface area contributed by atoms with Gasteiger partial charge in [-0.25, -0.2) is 17.9 Å². The highest BCUT2D eigenvalue weighted by molar-refractivity contribution is 7.91. The van der Waals surface area contributed by atoms with Crippen molar-refractivity contribution in [2.75, 3.05) is 11.5 Å². The molecule has 0 atom stereocenters. The first-order chi connectivity index (χ1) is 17.6. The number of fused-ring (bicyclic) bond motifs is 1. The Labute approximate surface area is 218 Å². The molecule has 15 heteroatoms. The Kier molecular flexibility index (Phi) is 6.26. The fraction of sp³-hybridized carbons (Fsp3) is 0.273. The maximum absolute atomic E-state index is 12.7. The molecule has 0 spiro atoms. The second-order valence-corrected chi connectivity index (χ2v) is 11.7. The van der Waals surface area contributed by atoms with Crippen molar-refractivity contribution >= 4 is 49.9 Å². The first kappa shape index (κ1) is 24.9. The smallest absolute Gasteiger partial charge is 0.354 e. The Morgan fingerprint density at radius 3 is 2.38 bits per heavy atom. The van der Waals surface area contributed by atoms with Crippen LogP contribution in [0.5, 0.6) is 0 Å². The van der Waals surface area contributed by atoms with Gasteiger partial charge in [0, 0.05) is 12.6 Å². The lowest BCUT2D eigenvalue weighted by Crippen LogP contribution is -2.30. The SMILES string of the molecule is [C-]#[N+]c1nn(-c2cc(Cl)c(-n3ncc4c3ccc(=O)n4CC3CCS(=O)(=O)CC3)c(Cl)c2)c(=O)[nH]c1=O. The van der Waals surface area contributed by atoms with Gasteiger partial charge in [-0.3, -0.25) is 14.6 Å². The predicted molar refractivity (Wildman–Crippen MR) is 137 cm³/mol. The van der Waals surface area contributed by atoms with Gasteiger partial charge in [-0.05, 0) is 42.1 Å². The van der Waals surface area contributed by atoms with E-state index < -0.39 is 26.9 Å². The van der Waals surface area contributed by atoms with E-state index in [-0.39, 0.29) is 44.4 Å². The molecule has 3 aromatic heterocycles. The molecule has 0 aliphatic carbocycles. The molecule has 1 saturated heterocycles. The molecule has 37 heavy (non-hydrogen) atoms. The van der Waals surface area contributed by atoms with Crippen LogP contribution >= 0.6 is 23.2 Å². The monoisotopic (exact) mass is 561 g/mol. The summed E-state index contributed by atoms with van der Waals surface area (Å²) in [5.41, 5.74) is -0.571. The molecule has 1 fully saturated rings. The summed E-state index contributed by atoms with van der Waals surface area (Å²) in [7, 11) is -3.03. The van der Waals surface area contributed by atoms with Crippen LogP contribution < -0.4 is 16.8 Å². The van der Waals surface area contributed by atoms with Crippen LogP contribution in [0.2, 0.25) is 10.0 Å². The van der Waals surface area contributed by atoms with Gasteiger partial charge in [-0.15, -0.1) is 4.68 Å². The van der Waals surface area contributed by atoms with E-state index in [2.05, 4.69) is 15.0 Å². The van der Waals surface area contributed by atoms with E-state index in [1.165, 1.54) is 29.1 Å². The van der Waals surface area contributed by atoms with E-state index in [4.69, 9.17) is 29.8 Å². The second kappa shape index (κ2) is 9.29. The quantitative estimate of drug-likeness (QED) is 0.375. The third-order valence-corrected chi connectivity index (χ3v) is 8.51. The van der Waals surface area contributed by atoms with Crippen molar-refractivity contribution in [3.05, 3.63) is 83.1 Å². The van der Waals surface area contributed by atoms with Crippen molar-refractivity contribution in [1.29, 1.82) is 0 Å². The molecule has 1 N–H and O–H groups in total. The van der Waals surface area contributed by atoms with Gasteiger partial charge in [0.25, 0.3) is 11.1 Å². The van der Waals surface area contributed by atoms with Crippen molar-refractivity contribution in [2.24, 2.45) is 5.92 Å². The van der Waals surface area contributed by atoms with Crippen molar-refractivity contribution in [1.82, 2.24) is 29.1 Å². The van der Waals surface area contributed by atoms with Gasteiger partial charge in [0.1, 0.15) is 15.5 Å². The highest BCUT2D eigenvalue weighted by Crippen LogP contribution is 2.33. The Morgan fingerprint density at radius 1 is 1.05 bits per heavy atom. The number of nitrogens with one attached hydrogen (secondary N) is 1. The minimum Gasteiger partial charge on any atom is -0.354 e. The number of rotatable bonds is 4. The van der Waals surface area contributed by atoms with Crippen molar-refractivity contribution in [3.8, 4) is 11.4 Å². The summed E-state index contributed by atoms with van der Waals surface area (Å²) in [5.74, 6) is -0.291. The highest BCUT2D eigenvalue weighted by atomic mass is 35.5. The van der Waals surface area contributed by atoms with Crippen LogP contribution in [0.15, 0.2) is 44.8 Å². The first-order valence-corrected chi connectivity index (χ1v) is 13.5. The van der Waals surface area contributed by atoms with E-state index in [1.807, 2.05) is 4.98 Å². The van der Waals surface area contributed by atoms with Crippen molar-refractivity contribution in [3.63, 3.8) is 0 Å². The summed E-state index contributed by atoms with van der Waals surface area (Å²) < 4.78 is 27.4. The third-order valence-electron chi connectivity index (χ3n) is 6.22. The number of nitrogens with zero attached hydrogens (tertiary/aromatic N) is 6. The number of aromatic nitrogens is 6. The molecule has 0 amide bonds. The number of halogens is 2. The molecule has 0 bridgehead atoms. The van der Waals surface area contributed by atoms with Crippen LogP contribution in [0.1, 0.15) is 12.8 Å². The average molecular weight is 562 g/mol. The zero-order valence-electron chi connectivity index (χ0n) is 18.9. The van der Waals surface area contributed by atoms with Gasteiger partial charge in [0.15, 0.2) is 0 Å². The van der Waals surface area contributed by atoms with Gasteiger partial charge < -0.3 is 9.41 Å². The minimum absolute atomic E-state index is 0.0325. The molecular weight excluding hydrogens is 545 g/mol. The molecule has 1 aliphatic rings. The summed E-state index contributed by atoms with van der Waals surface area (Å²) >= 11 is 13.1. The maximum Gasteiger partial charge on any atom is 0.365 e. The molecule has 190 valence electrons. The Bertz CT molecular complexity index is 1860.